The molecule has 0 radical (unpaired) electrons. The second-order valence-corrected chi connectivity index (χ2v) is 5.52. The molecule has 1 fully saturated rings. The van der Waals surface area contributed by atoms with Gasteiger partial charge in [-0.2, -0.15) is 0 Å². The van der Waals surface area contributed by atoms with E-state index in [9.17, 15) is 0 Å². The molecule has 0 aromatic carbocycles. The maximum absolute atomic E-state index is 8.73. The zero-order valence-electron chi connectivity index (χ0n) is 11.8. The van der Waals surface area contributed by atoms with Crippen molar-refractivity contribution >= 4 is 0 Å². The van der Waals surface area contributed by atoms with Gasteiger partial charge in [-0.05, 0) is 19.4 Å². The Kier molecular flexibility index (Phi) is 5.79. The molecule has 0 aromatic heterocycles. The minimum absolute atomic E-state index is 0.0722. The molecule has 0 atom stereocenters. The highest BCUT2D eigenvalue weighted by Crippen LogP contribution is 2.25. The molecule has 1 aliphatic rings. The Bertz CT molecular complexity index is 341. The van der Waals surface area contributed by atoms with Gasteiger partial charge in [0.05, 0.1) is 19.8 Å². The van der Waals surface area contributed by atoms with Crippen molar-refractivity contribution in [2.45, 2.75) is 34.0 Å². The molecule has 1 N–H and O–H groups in total. The Morgan fingerprint density at radius 1 is 1.28 bits per heavy atom. The fraction of sp³-hybridized carbons (Fsp3) is 0.600. The first-order chi connectivity index (χ1) is 8.44. The Labute approximate surface area is 110 Å². The van der Waals surface area contributed by atoms with E-state index in [1.807, 2.05) is 32.1 Å². The SMILES string of the molecule is C/C(=C/C=C/C(C)=C/CO)C1OCC(C)(C)CO1. The monoisotopic (exact) mass is 252 g/mol. The summed E-state index contributed by atoms with van der Waals surface area (Å²) in [7, 11) is 0. The molecule has 0 unspecified atom stereocenters. The van der Waals surface area contributed by atoms with Crippen molar-refractivity contribution in [3.8, 4) is 0 Å². The lowest BCUT2D eigenvalue weighted by Gasteiger charge is -2.34. The van der Waals surface area contributed by atoms with E-state index >= 15 is 0 Å². The molecule has 0 amide bonds. The van der Waals surface area contributed by atoms with Gasteiger partial charge in [0.2, 0.25) is 0 Å². The molecule has 0 aliphatic carbocycles. The highest BCUT2D eigenvalue weighted by molar-refractivity contribution is 5.22. The van der Waals surface area contributed by atoms with Crippen LogP contribution in [0, 0.1) is 5.41 Å². The van der Waals surface area contributed by atoms with Gasteiger partial charge in [0.1, 0.15) is 0 Å². The van der Waals surface area contributed by atoms with Gasteiger partial charge in [0.25, 0.3) is 0 Å². The van der Waals surface area contributed by atoms with Gasteiger partial charge in [-0.15, -0.1) is 0 Å². The van der Waals surface area contributed by atoms with E-state index in [0.29, 0.717) is 0 Å². The van der Waals surface area contributed by atoms with Gasteiger partial charge in [0, 0.05) is 5.41 Å². The molecular formula is C15H24O3. The smallest absolute Gasteiger partial charge is 0.179 e. The van der Waals surface area contributed by atoms with Crippen molar-refractivity contribution in [2.75, 3.05) is 19.8 Å². The van der Waals surface area contributed by atoms with Crippen molar-refractivity contribution in [2.24, 2.45) is 5.41 Å². The standard InChI is InChI=1S/C15H24O3/c1-12(8-9-16)6-5-7-13(2)14-17-10-15(3,4)11-18-14/h5-8,14,16H,9-11H2,1-4H3/b6-5+,12-8+,13-7-. The fourth-order valence-electron chi connectivity index (χ4n) is 1.60. The Morgan fingerprint density at radius 2 is 1.89 bits per heavy atom. The number of rotatable bonds is 4. The lowest BCUT2D eigenvalue weighted by Crippen LogP contribution is -2.38. The number of allylic oxidation sites excluding steroid dienone is 4. The minimum Gasteiger partial charge on any atom is -0.392 e. The van der Waals surface area contributed by atoms with E-state index in [1.165, 1.54) is 0 Å². The molecule has 0 saturated carbocycles. The van der Waals surface area contributed by atoms with Crippen LogP contribution in [-0.2, 0) is 9.47 Å². The number of aliphatic hydroxyl groups is 1. The van der Waals surface area contributed by atoms with Crippen LogP contribution in [0.15, 0.2) is 35.5 Å². The quantitative estimate of drug-likeness (QED) is 0.782. The van der Waals surface area contributed by atoms with Gasteiger partial charge in [-0.25, -0.2) is 0 Å². The van der Waals surface area contributed by atoms with Crippen LogP contribution in [0.25, 0.3) is 0 Å². The van der Waals surface area contributed by atoms with Gasteiger partial charge >= 0.3 is 0 Å². The van der Waals surface area contributed by atoms with Gasteiger partial charge in [-0.3, -0.25) is 0 Å². The summed E-state index contributed by atoms with van der Waals surface area (Å²) in [6, 6.07) is 0. The maximum atomic E-state index is 8.73. The van der Waals surface area contributed by atoms with Crippen molar-refractivity contribution in [1.29, 1.82) is 0 Å². The Hall–Kier alpha value is -0.900. The number of hydrogen-bond acceptors (Lipinski definition) is 3. The largest absolute Gasteiger partial charge is 0.392 e. The molecule has 1 aliphatic heterocycles. The normalized spacial score (nSPS) is 22.7. The molecule has 0 spiro atoms. The molecule has 0 aromatic rings. The maximum Gasteiger partial charge on any atom is 0.179 e. The molecule has 3 heteroatoms. The third-order valence-electron chi connectivity index (χ3n) is 2.75. The molecule has 1 rings (SSSR count). The van der Waals surface area contributed by atoms with Crippen LogP contribution >= 0.6 is 0 Å². The summed E-state index contributed by atoms with van der Waals surface area (Å²) in [4.78, 5) is 0. The topological polar surface area (TPSA) is 38.7 Å². The first-order valence-corrected chi connectivity index (χ1v) is 6.30. The van der Waals surface area contributed by atoms with Crippen LogP contribution in [0.3, 0.4) is 0 Å². The predicted molar refractivity (Wildman–Crippen MR) is 73.2 cm³/mol. The molecule has 102 valence electrons. The highest BCUT2D eigenvalue weighted by Gasteiger charge is 2.28. The fourth-order valence-corrected chi connectivity index (χ4v) is 1.60. The van der Waals surface area contributed by atoms with Crippen LogP contribution in [0.5, 0.6) is 0 Å². The second kappa shape index (κ2) is 6.88. The molecular weight excluding hydrogens is 228 g/mol. The van der Waals surface area contributed by atoms with Crippen molar-refractivity contribution in [3.05, 3.63) is 35.5 Å². The lowest BCUT2D eigenvalue weighted by molar-refractivity contribution is -0.202. The van der Waals surface area contributed by atoms with E-state index in [0.717, 1.165) is 24.4 Å². The van der Waals surface area contributed by atoms with Gasteiger partial charge < -0.3 is 14.6 Å². The summed E-state index contributed by atoms with van der Waals surface area (Å²) in [5, 5.41) is 8.73. The average molecular weight is 252 g/mol. The summed E-state index contributed by atoms with van der Waals surface area (Å²) in [6.45, 7) is 9.72. The van der Waals surface area contributed by atoms with E-state index < -0.39 is 0 Å². The van der Waals surface area contributed by atoms with Crippen molar-refractivity contribution < 1.29 is 14.6 Å². The van der Waals surface area contributed by atoms with Crippen LogP contribution in [0.1, 0.15) is 27.7 Å². The zero-order valence-corrected chi connectivity index (χ0v) is 11.8. The van der Waals surface area contributed by atoms with E-state index in [-0.39, 0.29) is 18.3 Å². The first-order valence-electron chi connectivity index (χ1n) is 6.30. The molecule has 0 bridgehead atoms. The van der Waals surface area contributed by atoms with E-state index in [1.54, 1.807) is 6.08 Å². The predicted octanol–water partition coefficient (Wildman–Crippen LogP) is 2.83. The lowest BCUT2D eigenvalue weighted by atomic mass is 9.95. The van der Waals surface area contributed by atoms with Crippen LogP contribution in [-0.4, -0.2) is 31.2 Å². The molecule has 1 saturated heterocycles. The van der Waals surface area contributed by atoms with Crippen molar-refractivity contribution in [3.63, 3.8) is 0 Å². The van der Waals surface area contributed by atoms with Gasteiger partial charge in [-0.1, -0.05) is 43.7 Å². The summed E-state index contributed by atoms with van der Waals surface area (Å²) in [5.41, 5.74) is 2.19. The number of ether oxygens (including phenoxy) is 2. The van der Waals surface area contributed by atoms with Crippen LogP contribution in [0.4, 0.5) is 0 Å². The minimum atomic E-state index is -0.232. The third-order valence-corrected chi connectivity index (χ3v) is 2.75. The summed E-state index contributed by atoms with van der Waals surface area (Å²) in [5.74, 6) is 0. The van der Waals surface area contributed by atoms with E-state index in [4.69, 9.17) is 14.6 Å². The van der Waals surface area contributed by atoms with Gasteiger partial charge in [0.15, 0.2) is 6.29 Å². The first kappa shape index (κ1) is 15.2. The molecule has 3 nitrogen and oxygen atoms in total. The van der Waals surface area contributed by atoms with E-state index in [2.05, 4.69) is 13.8 Å². The highest BCUT2D eigenvalue weighted by atomic mass is 16.7. The zero-order chi connectivity index (χ0) is 13.6. The summed E-state index contributed by atoms with van der Waals surface area (Å²) >= 11 is 0. The third kappa shape index (κ3) is 5.17. The van der Waals surface area contributed by atoms with Crippen LogP contribution in [0.2, 0.25) is 0 Å². The summed E-state index contributed by atoms with van der Waals surface area (Å²) < 4.78 is 11.4. The average Bonchev–Trinajstić information content (AvgIpc) is 2.29. The van der Waals surface area contributed by atoms with Crippen LogP contribution < -0.4 is 0 Å². The number of hydrogen-bond donors (Lipinski definition) is 1. The Morgan fingerprint density at radius 3 is 2.44 bits per heavy atom. The number of aliphatic hydroxyl groups excluding tert-OH is 1. The second-order valence-electron chi connectivity index (χ2n) is 5.52. The van der Waals surface area contributed by atoms with Crippen molar-refractivity contribution in [1.82, 2.24) is 0 Å². The Balaban J connectivity index is 2.50. The molecule has 18 heavy (non-hydrogen) atoms. The molecule has 1 heterocycles. The summed E-state index contributed by atoms with van der Waals surface area (Å²) in [6.07, 6.45) is 7.41.